The van der Waals surface area contributed by atoms with E-state index in [2.05, 4.69) is 20.8 Å². The number of hydrogen-bond acceptors (Lipinski definition) is 4. The Balaban J connectivity index is 1.59. The monoisotopic (exact) mass is 524 g/mol. The average Bonchev–Trinajstić information content (AvgIpc) is 2.94. The lowest BCUT2D eigenvalue weighted by Crippen LogP contribution is -2.09. The van der Waals surface area contributed by atoms with E-state index in [4.69, 9.17) is 14.2 Å². The van der Waals surface area contributed by atoms with Crippen LogP contribution >= 0.6 is 0 Å². The number of hydrogen-bond donors (Lipinski definition) is 0. The normalized spacial score (nSPS) is 11.9. The van der Waals surface area contributed by atoms with Crippen molar-refractivity contribution in [3.8, 4) is 11.5 Å². The van der Waals surface area contributed by atoms with Gasteiger partial charge in [0, 0.05) is 6.61 Å². The molecule has 0 aliphatic rings. The third-order valence-electron chi connectivity index (χ3n) is 7.03. The molecule has 0 heterocycles. The van der Waals surface area contributed by atoms with Gasteiger partial charge in [-0.3, -0.25) is 0 Å². The first-order valence-electron chi connectivity index (χ1n) is 15.3. The van der Waals surface area contributed by atoms with Gasteiger partial charge in [-0.25, -0.2) is 4.79 Å². The molecule has 0 N–H and O–H groups in total. The van der Waals surface area contributed by atoms with Crippen LogP contribution in [0.15, 0.2) is 48.5 Å². The Bertz CT molecular complexity index is 844. The molecule has 0 spiro atoms. The van der Waals surface area contributed by atoms with Crippen LogP contribution in [-0.4, -0.2) is 19.2 Å². The molecule has 212 valence electrons. The maximum Gasteiger partial charge on any atom is 0.343 e. The molecule has 0 bridgehead atoms. The summed E-state index contributed by atoms with van der Waals surface area (Å²) in [5.41, 5.74) is 1.60. The number of carbonyl (C=O) groups excluding carboxylic acids is 1. The van der Waals surface area contributed by atoms with Crippen LogP contribution in [0.2, 0.25) is 0 Å². The van der Waals surface area contributed by atoms with Gasteiger partial charge in [-0.15, -0.1) is 0 Å². The highest BCUT2D eigenvalue weighted by Gasteiger charge is 2.11. The Hall–Kier alpha value is -2.33. The van der Waals surface area contributed by atoms with Gasteiger partial charge in [-0.2, -0.15) is 0 Å². The van der Waals surface area contributed by atoms with Crippen LogP contribution < -0.4 is 9.47 Å². The van der Waals surface area contributed by atoms with Gasteiger partial charge in [0.1, 0.15) is 11.5 Å². The zero-order valence-corrected chi connectivity index (χ0v) is 24.3. The van der Waals surface area contributed by atoms with E-state index in [1.807, 2.05) is 36.4 Å². The summed E-state index contributed by atoms with van der Waals surface area (Å²) >= 11 is 0. The topological polar surface area (TPSA) is 44.8 Å². The van der Waals surface area contributed by atoms with Crippen LogP contribution in [0.3, 0.4) is 0 Å². The molecule has 0 saturated carbocycles. The van der Waals surface area contributed by atoms with Crippen LogP contribution in [-0.2, 0) is 4.74 Å². The SMILES string of the molecule is CCCCCCCCCCCCCOC(C)c1ccc(OC(=O)c2ccc(OCCCCCC)cc2)cc1. The summed E-state index contributed by atoms with van der Waals surface area (Å²) in [6, 6.07) is 14.8. The molecule has 4 heteroatoms. The fourth-order valence-corrected chi connectivity index (χ4v) is 4.50. The molecule has 0 fully saturated rings. The second-order valence-electron chi connectivity index (χ2n) is 10.4. The standard InChI is InChI=1S/C34H52O4/c1-4-6-8-10-11-12-13-14-15-16-18-27-36-29(3)30-19-25-33(26-20-30)38-34(35)31-21-23-32(24-22-31)37-28-17-9-7-5-2/h19-26,29H,4-18,27-28H2,1-3H3. The Morgan fingerprint density at radius 2 is 1.08 bits per heavy atom. The van der Waals surface area contributed by atoms with Crippen molar-refractivity contribution in [2.45, 2.75) is 123 Å². The summed E-state index contributed by atoms with van der Waals surface area (Å²) in [7, 11) is 0. The summed E-state index contributed by atoms with van der Waals surface area (Å²) < 4.78 is 17.3. The number of rotatable bonds is 22. The first-order valence-corrected chi connectivity index (χ1v) is 15.3. The van der Waals surface area contributed by atoms with Gasteiger partial charge in [0.25, 0.3) is 0 Å². The number of esters is 1. The number of ether oxygens (including phenoxy) is 3. The Labute approximate surface area is 232 Å². The van der Waals surface area contributed by atoms with E-state index < -0.39 is 0 Å². The largest absolute Gasteiger partial charge is 0.494 e. The lowest BCUT2D eigenvalue weighted by Gasteiger charge is -2.14. The number of carbonyl (C=O) groups is 1. The highest BCUT2D eigenvalue weighted by atomic mass is 16.5. The Morgan fingerprint density at radius 1 is 0.605 bits per heavy atom. The van der Waals surface area contributed by atoms with E-state index in [1.54, 1.807) is 12.1 Å². The van der Waals surface area contributed by atoms with Crippen LogP contribution in [0.25, 0.3) is 0 Å². The zero-order chi connectivity index (χ0) is 27.3. The predicted octanol–water partition coefficient (Wildman–Crippen LogP) is 10.3. The smallest absolute Gasteiger partial charge is 0.343 e. The van der Waals surface area contributed by atoms with Crippen LogP contribution in [0.5, 0.6) is 11.5 Å². The Morgan fingerprint density at radius 3 is 1.66 bits per heavy atom. The molecule has 1 atom stereocenters. The minimum atomic E-state index is -0.368. The molecular weight excluding hydrogens is 472 g/mol. The minimum absolute atomic E-state index is 0.0254. The number of unbranched alkanes of at least 4 members (excludes halogenated alkanes) is 13. The van der Waals surface area contributed by atoms with E-state index in [-0.39, 0.29) is 12.1 Å². The molecule has 0 radical (unpaired) electrons. The molecule has 38 heavy (non-hydrogen) atoms. The van der Waals surface area contributed by atoms with E-state index in [0.717, 1.165) is 30.8 Å². The molecule has 1 unspecified atom stereocenters. The summed E-state index contributed by atoms with van der Waals surface area (Å²) in [6.45, 7) is 8.04. The van der Waals surface area contributed by atoms with Gasteiger partial charge >= 0.3 is 5.97 Å². The fraction of sp³-hybridized carbons (Fsp3) is 0.618. The lowest BCUT2D eigenvalue weighted by molar-refractivity contribution is 0.0627. The van der Waals surface area contributed by atoms with Crippen LogP contribution in [0, 0.1) is 0 Å². The first kappa shape index (κ1) is 31.9. The maximum absolute atomic E-state index is 12.5. The zero-order valence-electron chi connectivity index (χ0n) is 24.3. The van der Waals surface area contributed by atoms with E-state index >= 15 is 0 Å². The molecular formula is C34H52O4. The molecule has 0 aromatic heterocycles. The van der Waals surface area contributed by atoms with Gasteiger partial charge in [0.2, 0.25) is 0 Å². The summed E-state index contributed by atoms with van der Waals surface area (Å²) in [5.74, 6) is 0.949. The first-order chi connectivity index (χ1) is 18.6. The second-order valence-corrected chi connectivity index (χ2v) is 10.4. The molecule has 0 aliphatic carbocycles. The van der Waals surface area contributed by atoms with Crippen molar-refractivity contribution in [3.63, 3.8) is 0 Å². The third-order valence-corrected chi connectivity index (χ3v) is 7.03. The average molecular weight is 525 g/mol. The van der Waals surface area contributed by atoms with Gasteiger partial charge in [-0.1, -0.05) is 109 Å². The van der Waals surface area contributed by atoms with Gasteiger partial charge in [0.15, 0.2) is 0 Å². The predicted molar refractivity (Wildman–Crippen MR) is 158 cm³/mol. The van der Waals surface area contributed by atoms with Crippen molar-refractivity contribution < 1.29 is 19.0 Å². The van der Waals surface area contributed by atoms with Gasteiger partial charge in [0.05, 0.1) is 18.3 Å². The fourth-order valence-electron chi connectivity index (χ4n) is 4.50. The summed E-state index contributed by atoms with van der Waals surface area (Å²) in [5, 5.41) is 0. The molecule has 2 aromatic rings. The van der Waals surface area contributed by atoms with E-state index in [0.29, 0.717) is 17.9 Å². The molecule has 4 nitrogen and oxygen atoms in total. The molecule has 0 amide bonds. The van der Waals surface area contributed by atoms with E-state index in [9.17, 15) is 4.79 Å². The molecule has 0 aliphatic heterocycles. The number of benzene rings is 2. The lowest BCUT2D eigenvalue weighted by atomic mass is 10.1. The highest BCUT2D eigenvalue weighted by molar-refractivity contribution is 5.91. The quantitative estimate of drug-likeness (QED) is 0.0873. The van der Waals surface area contributed by atoms with Crippen molar-refractivity contribution in [1.82, 2.24) is 0 Å². The van der Waals surface area contributed by atoms with Crippen molar-refractivity contribution in [3.05, 3.63) is 59.7 Å². The van der Waals surface area contributed by atoms with Crippen molar-refractivity contribution >= 4 is 5.97 Å². The second kappa shape index (κ2) is 20.6. The molecule has 0 saturated heterocycles. The highest BCUT2D eigenvalue weighted by Crippen LogP contribution is 2.22. The van der Waals surface area contributed by atoms with Crippen molar-refractivity contribution in [2.24, 2.45) is 0 Å². The summed E-state index contributed by atoms with van der Waals surface area (Å²) in [6.07, 6.45) is 19.4. The Kier molecular flexibility index (Phi) is 17.3. The van der Waals surface area contributed by atoms with Crippen LogP contribution in [0.4, 0.5) is 0 Å². The van der Waals surface area contributed by atoms with Gasteiger partial charge < -0.3 is 14.2 Å². The van der Waals surface area contributed by atoms with Crippen molar-refractivity contribution in [1.29, 1.82) is 0 Å². The summed E-state index contributed by atoms with van der Waals surface area (Å²) in [4.78, 5) is 12.5. The minimum Gasteiger partial charge on any atom is -0.494 e. The van der Waals surface area contributed by atoms with Crippen molar-refractivity contribution in [2.75, 3.05) is 13.2 Å². The van der Waals surface area contributed by atoms with Gasteiger partial charge in [-0.05, 0) is 61.7 Å². The molecule has 2 aromatic carbocycles. The third kappa shape index (κ3) is 14.0. The molecule has 2 rings (SSSR count). The van der Waals surface area contributed by atoms with Crippen LogP contribution in [0.1, 0.15) is 139 Å². The van der Waals surface area contributed by atoms with E-state index in [1.165, 1.54) is 83.5 Å². The maximum atomic E-state index is 12.5.